The second-order valence-electron chi connectivity index (χ2n) is 5.91. The molecule has 0 spiro atoms. The molecule has 0 bridgehead atoms. The number of hydrogen-bond acceptors (Lipinski definition) is 6. The van der Waals surface area contributed by atoms with Crippen molar-refractivity contribution in [2.45, 2.75) is 20.0 Å². The average Bonchev–Trinajstić information content (AvgIpc) is 2.95. The number of nitrogens with zero attached hydrogens (tertiary/aromatic N) is 4. The van der Waals surface area contributed by atoms with Gasteiger partial charge in [-0.3, -0.25) is 19.9 Å². The van der Waals surface area contributed by atoms with Gasteiger partial charge in [0.05, 0.1) is 17.2 Å². The summed E-state index contributed by atoms with van der Waals surface area (Å²) in [6.45, 7) is 7.46. The van der Waals surface area contributed by atoms with Crippen LogP contribution in [0.1, 0.15) is 17.0 Å². The lowest BCUT2D eigenvalue weighted by molar-refractivity contribution is -0.384. The topological polar surface area (TPSA) is 75.7 Å². The van der Waals surface area contributed by atoms with Gasteiger partial charge < -0.3 is 4.52 Å². The van der Waals surface area contributed by atoms with E-state index in [9.17, 15) is 10.1 Å². The molecule has 0 saturated carbocycles. The van der Waals surface area contributed by atoms with Gasteiger partial charge in [-0.2, -0.15) is 0 Å². The summed E-state index contributed by atoms with van der Waals surface area (Å²) in [7, 11) is 0. The Hall–Kier alpha value is -2.25. The lowest BCUT2D eigenvalue weighted by Crippen LogP contribution is -2.45. The summed E-state index contributed by atoms with van der Waals surface area (Å²) in [5.41, 5.74) is 2.16. The molecule has 1 saturated heterocycles. The summed E-state index contributed by atoms with van der Waals surface area (Å²) in [6, 6.07) is 8.78. The van der Waals surface area contributed by atoms with E-state index in [1.165, 1.54) is 0 Å². The summed E-state index contributed by atoms with van der Waals surface area (Å²) in [5, 5.41) is 14.6. The van der Waals surface area contributed by atoms with Crippen LogP contribution in [-0.4, -0.2) is 46.1 Å². The first-order valence-corrected chi connectivity index (χ1v) is 7.70. The number of rotatable bonds is 5. The number of aromatic nitrogens is 1. The molecule has 1 aromatic carbocycles. The number of aryl methyl sites for hydroxylation is 1. The first kappa shape index (κ1) is 15.6. The third kappa shape index (κ3) is 4.14. The van der Waals surface area contributed by atoms with Crippen LogP contribution < -0.4 is 0 Å². The second-order valence-corrected chi connectivity index (χ2v) is 5.91. The summed E-state index contributed by atoms with van der Waals surface area (Å²) >= 11 is 0. The van der Waals surface area contributed by atoms with E-state index >= 15 is 0 Å². The average molecular weight is 316 g/mol. The van der Waals surface area contributed by atoms with Crippen molar-refractivity contribution in [2.24, 2.45) is 0 Å². The number of nitro groups is 1. The first-order chi connectivity index (χ1) is 11.1. The minimum atomic E-state index is -0.367. The van der Waals surface area contributed by atoms with Crippen LogP contribution in [0.3, 0.4) is 0 Å². The van der Waals surface area contributed by atoms with Crippen LogP contribution in [0.5, 0.6) is 0 Å². The summed E-state index contributed by atoms with van der Waals surface area (Å²) in [5.74, 6) is 0.909. The van der Waals surface area contributed by atoms with Crippen molar-refractivity contribution in [3.8, 4) is 0 Å². The lowest BCUT2D eigenvalue weighted by Gasteiger charge is -2.34. The first-order valence-electron chi connectivity index (χ1n) is 7.70. The van der Waals surface area contributed by atoms with E-state index in [1.54, 1.807) is 12.1 Å². The van der Waals surface area contributed by atoms with Crippen LogP contribution in [0.15, 0.2) is 34.9 Å². The fourth-order valence-corrected chi connectivity index (χ4v) is 2.80. The summed E-state index contributed by atoms with van der Waals surface area (Å²) in [4.78, 5) is 15.0. The Morgan fingerprint density at radius 3 is 2.26 bits per heavy atom. The Labute approximate surface area is 134 Å². The van der Waals surface area contributed by atoms with Crippen LogP contribution in [-0.2, 0) is 13.1 Å². The van der Waals surface area contributed by atoms with E-state index in [0.29, 0.717) is 0 Å². The van der Waals surface area contributed by atoms with Gasteiger partial charge in [-0.05, 0) is 12.5 Å². The zero-order valence-corrected chi connectivity index (χ0v) is 13.1. The van der Waals surface area contributed by atoms with Crippen molar-refractivity contribution in [2.75, 3.05) is 26.2 Å². The van der Waals surface area contributed by atoms with E-state index in [4.69, 9.17) is 4.52 Å². The monoisotopic (exact) mass is 316 g/mol. The fraction of sp³-hybridized carbons (Fsp3) is 0.438. The molecule has 0 atom stereocenters. The van der Waals surface area contributed by atoms with Gasteiger partial charge in [0, 0.05) is 50.9 Å². The van der Waals surface area contributed by atoms with E-state index < -0.39 is 0 Å². The highest BCUT2D eigenvalue weighted by atomic mass is 16.6. The Morgan fingerprint density at radius 1 is 1.13 bits per heavy atom. The maximum Gasteiger partial charge on any atom is 0.269 e. The molecule has 1 aliphatic rings. The van der Waals surface area contributed by atoms with Gasteiger partial charge >= 0.3 is 0 Å². The van der Waals surface area contributed by atoms with Gasteiger partial charge in [-0.25, -0.2) is 0 Å². The molecule has 0 radical (unpaired) electrons. The lowest BCUT2D eigenvalue weighted by atomic mass is 10.2. The standard InChI is InChI=1S/C16H20N4O3/c1-13-10-16(23-17-13)12-19-8-6-18(7-9-19)11-14-2-4-15(5-3-14)20(21)22/h2-5,10H,6-9,11-12H2,1H3. The van der Waals surface area contributed by atoms with Crippen molar-refractivity contribution >= 4 is 5.69 Å². The molecule has 122 valence electrons. The number of nitro benzene ring substituents is 1. The zero-order chi connectivity index (χ0) is 16.2. The molecule has 7 nitrogen and oxygen atoms in total. The van der Waals surface area contributed by atoms with Crippen molar-refractivity contribution in [1.82, 2.24) is 15.0 Å². The van der Waals surface area contributed by atoms with Gasteiger partial charge in [-0.15, -0.1) is 0 Å². The molecular formula is C16H20N4O3. The molecule has 23 heavy (non-hydrogen) atoms. The van der Waals surface area contributed by atoms with Crippen LogP contribution in [0.2, 0.25) is 0 Å². The number of piperazine rings is 1. The highest BCUT2D eigenvalue weighted by Gasteiger charge is 2.18. The van der Waals surface area contributed by atoms with E-state index in [-0.39, 0.29) is 10.6 Å². The quantitative estimate of drug-likeness (QED) is 0.622. The van der Waals surface area contributed by atoms with E-state index in [2.05, 4.69) is 15.0 Å². The molecular weight excluding hydrogens is 296 g/mol. The Bertz CT molecular complexity index is 660. The number of benzene rings is 1. The Kier molecular flexibility index (Phi) is 4.68. The van der Waals surface area contributed by atoms with Crippen molar-refractivity contribution in [3.05, 3.63) is 57.5 Å². The zero-order valence-electron chi connectivity index (χ0n) is 13.1. The van der Waals surface area contributed by atoms with Crippen LogP contribution >= 0.6 is 0 Å². The third-order valence-corrected chi connectivity index (χ3v) is 4.07. The van der Waals surface area contributed by atoms with Crippen LogP contribution in [0.4, 0.5) is 5.69 Å². The normalized spacial score (nSPS) is 16.6. The van der Waals surface area contributed by atoms with Crippen LogP contribution in [0.25, 0.3) is 0 Å². The number of hydrogen-bond donors (Lipinski definition) is 0. The van der Waals surface area contributed by atoms with Crippen molar-refractivity contribution < 1.29 is 9.45 Å². The van der Waals surface area contributed by atoms with Crippen molar-refractivity contribution in [3.63, 3.8) is 0 Å². The molecule has 1 aromatic heterocycles. The van der Waals surface area contributed by atoms with Crippen molar-refractivity contribution in [1.29, 1.82) is 0 Å². The SMILES string of the molecule is Cc1cc(CN2CCN(Cc3ccc([N+](=O)[O-])cc3)CC2)on1. The second kappa shape index (κ2) is 6.89. The molecule has 7 heteroatoms. The maximum atomic E-state index is 10.7. The smallest absolute Gasteiger partial charge is 0.269 e. The van der Waals surface area contributed by atoms with Crippen LogP contribution in [0, 0.1) is 17.0 Å². The molecule has 1 fully saturated rings. The largest absolute Gasteiger partial charge is 0.360 e. The predicted molar refractivity (Wildman–Crippen MR) is 84.9 cm³/mol. The molecule has 1 aliphatic heterocycles. The van der Waals surface area contributed by atoms with E-state index in [0.717, 1.165) is 56.3 Å². The van der Waals surface area contributed by atoms with E-state index in [1.807, 2.05) is 25.1 Å². The molecule has 0 unspecified atom stereocenters. The minimum Gasteiger partial charge on any atom is -0.360 e. The molecule has 2 heterocycles. The fourth-order valence-electron chi connectivity index (χ4n) is 2.80. The molecule has 2 aromatic rings. The van der Waals surface area contributed by atoms with Gasteiger partial charge in [0.25, 0.3) is 5.69 Å². The maximum absolute atomic E-state index is 10.7. The predicted octanol–water partition coefficient (Wildman–Crippen LogP) is 2.21. The van der Waals surface area contributed by atoms with Gasteiger partial charge in [0.2, 0.25) is 0 Å². The molecule has 0 N–H and O–H groups in total. The third-order valence-electron chi connectivity index (χ3n) is 4.07. The molecule has 0 aliphatic carbocycles. The molecule has 0 amide bonds. The van der Waals surface area contributed by atoms with Gasteiger partial charge in [0.15, 0.2) is 5.76 Å². The minimum absolute atomic E-state index is 0.140. The van der Waals surface area contributed by atoms with Gasteiger partial charge in [0.1, 0.15) is 0 Å². The van der Waals surface area contributed by atoms with Gasteiger partial charge in [-0.1, -0.05) is 17.3 Å². The summed E-state index contributed by atoms with van der Waals surface area (Å²) in [6.07, 6.45) is 0. The molecule has 3 rings (SSSR count). The highest BCUT2D eigenvalue weighted by Crippen LogP contribution is 2.15. The Morgan fingerprint density at radius 2 is 1.74 bits per heavy atom. The highest BCUT2D eigenvalue weighted by molar-refractivity contribution is 5.32. The Balaban J connectivity index is 1.48. The number of non-ortho nitro benzene ring substituents is 1. The summed E-state index contributed by atoms with van der Waals surface area (Å²) < 4.78 is 5.26.